The zero-order chi connectivity index (χ0) is 19.7. The van der Waals surface area contributed by atoms with Crippen LogP contribution in [0.3, 0.4) is 0 Å². The molecule has 1 unspecified atom stereocenters. The molecule has 1 rings (SSSR count). The van der Waals surface area contributed by atoms with E-state index in [1.54, 1.807) is 0 Å². The van der Waals surface area contributed by atoms with Crippen molar-refractivity contribution in [2.24, 2.45) is 0 Å². The minimum Gasteiger partial charge on any atom is -0.652 e. The van der Waals surface area contributed by atoms with Gasteiger partial charge in [0.05, 0.1) is 18.5 Å². The first-order chi connectivity index (χ1) is 12.2. The summed E-state index contributed by atoms with van der Waals surface area (Å²) < 4.78 is 11.2. The Kier molecular flexibility index (Phi) is 12.9. The molecule has 0 fully saturated rings. The molecule has 0 radical (unpaired) electrons. The first-order valence-electron chi connectivity index (χ1n) is 7.20. The number of nitro benzene ring substituents is 1. The van der Waals surface area contributed by atoms with Crippen molar-refractivity contribution in [3.8, 4) is 5.75 Å². The van der Waals surface area contributed by atoms with Crippen LogP contribution >= 0.6 is 31.2 Å². The van der Waals surface area contributed by atoms with Gasteiger partial charge in [-0.1, -0.05) is 0 Å². The van der Waals surface area contributed by atoms with E-state index in [0.717, 1.165) is 10.7 Å². The van der Waals surface area contributed by atoms with Gasteiger partial charge < -0.3 is 20.2 Å². The third kappa shape index (κ3) is 9.19. The summed E-state index contributed by atoms with van der Waals surface area (Å²) in [6.07, 6.45) is 0. The minimum atomic E-state index is -4.04. The molecule has 14 heteroatoms. The fourth-order valence-corrected chi connectivity index (χ4v) is 3.75. The molecule has 2 N–H and O–H groups in total. The molecule has 146 valence electrons. The largest absolute Gasteiger partial charge is 1.00 e. The molecule has 0 heterocycles. The van der Waals surface area contributed by atoms with Crippen molar-refractivity contribution in [2.45, 2.75) is 6.61 Å². The average molecular weight is 452 g/mol. The summed E-state index contributed by atoms with van der Waals surface area (Å²) in [5, 5.41) is 19.7. The Bertz CT molecular complexity index is 636. The number of nitrogens with zero attached hydrogens (tertiary/aromatic N) is 2. The molecule has 1 atom stereocenters. The van der Waals surface area contributed by atoms with Crippen LogP contribution in [0.15, 0.2) is 18.2 Å². The van der Waals surface area contributed by atoms with E-state index in [0.29, 0.717) is 0 Å². The molecule has 0 aliphatic rings. The summed E-state index contributed by atoms with van der Waals surface area (Å²) in [7, 11) is -4.04. The van der Waals surface area contributed by atoms with Crippen molar-refractivity contribution < 1.29 is 58.5 Å². The maximum absolute atomic E-state index is 12.4. The third-order valence-electron chi connectivity index (χ3n) is 3.06. The number of halogens is 2. The molecule has 1 aromatic rings. The SMILES string of the molecule is [NH-][P+]([O-])(OCc1cc(OCC(=O)O)ccc1[N+](=O)[O-])N(CCCl)CCCl.[Na+]. The second kappa shape index (κ2) is 13.1. The molecule has 0 aliphatic heterocycles. The number of aliphatic carboxylic acids is 1. The van der Waals surface area contributed by atoms with Crippen LogP contribution in [0.2, 0.25) is 0 Å². The number of benzene rings is 1. The molecule has 1 aromatic carbocycles. The first kappa shape index (κ1) is 26.7. The molecular formula is C13H17Cl2N3NaO7P. The maximum atomic E-state index is 12.4. The van der Waals surface area contributed by atoms with E-state index in [4.69, 9.17) is 43.1 Å². The average Bonchev–Trinajstić information content (AvgIpc) is 2.57. The van der Waals surface area contributed by atoms with Gasteiger partial charge in [-0.2, -0.15) is 4.67 Å². The van der Waals surface area contributed by atoms with Crippen LogP contribution in [0, 0.1) is 10.1 Å². The Morgan fingerprint density at radius 1 is 1.33 bits per heavy atom. The van der Waals surface area contributed by atoms with E-state index in [-0.39, 0.29) is 71.4 Å². The van der Waals surface area contributed by atoms with Gasteiger partial charge in [0.1, 0.15) is 12.4 Å². The fourth-order valence-electron chi connectivity index (χ4n) is 1.90. The fraction of sp³-hybridized carbons (Fsp3) is 0.462. The van der Waals surface area contributed by atoms with Crippen molar-refractivity contribution in [2.75, 3.05) is 31.5 Å². The topological polar surface area (TPSA) is 149 Å². The Balaban J connectivity index is 0.00000676. The Hall–Kier alpha value is -0.260. The standard InChI is InChI=1S/C13H18Cl2N3O7P.Na/c14-3-5-17(6-4-15)26(16,23)25-8-10-7-11(24-9-13(19)20)1-2-12(10)18(21)22;/h1-2,7H,3-6,8-9H2,(H3,16,19,20,23);/q;+1/p-1. The Morgan fingerprint density at radius 2 is 1.93 bits per heavy atom. The van der Waals surface area contributed by atoms with Gasteiger partial charge in [-0.25, -0.2) is 9.32 Å². The van der Waals surface area contributed by atoms with Crippen LogP contribution in [-0.4, -0.2) is 52.1 Å². The predicted molar refractivity (Wildman–Crippen MR) is 95.3 cm³/mol. The van der Waals surface area contributed by atoms with Crippen molar-refractivity contribution >= 4 is 42.9 Å². The molecule has 0 spiro atoms. The van der Waals surface area contributed by atoms with Gasteiger partial charge in [0.2, 0.25) is 0 Å². The number of hydrogen-bond acceptors (Lipinski definition) is 7. The molecule has 27 heavy (non-hydrogen) atoms. The van der Waals surface area contributed by atoms with Gasteiger partial charge >= 0.3 is 35.5 Å². The number of ether oxygens (including phenoxy) is 1. The smallest absolute Gasteiger partial charge is 0.652 e. The molecule has 0 aromatic heterocycles. The number of carbonyl (C=O) groups is 1. The van der Waals surface area contributed by atoms with Crippen LogP contribution in [0.4, 0.5) is 5.69 Å². The van der Waals surface area contributed by atoms with Crippen LogP contribution in [0.25, 0.3) is 5.50 Å². The van der Waals surface area contributed by atoms with Crippen LogP contribution in [-0.2, 0) is 15.9 Å². The zero-order valence-corrected chi connectivity index (χ0v) is 18.9. The third-order valence-corrected chi connectivity index (χ3v) is 5.02. The summed E-state index contributed by atoms with van der Waals surface area (Å²) in [6, 6.07) is 3.55. The van der Waals surface area contributed by atoms with Gasteiger partial charge in [0.25, 0.3) is 5.69 Å². The molecule has 0 aliphatic carbocycles. The zero-order valence-electron chi connectivity index (χ0n) is 14.5. The summed E-state index contributed by atoms with van der Waals surface area (Å²) in [5.41, 5.74) is 7.52. The van der Waals surface area contributed by atoms with E-state index in [1.807, 2.05) is 0 Å². The van der Waals surface area contributed by atoms with E-state index in [2.05, 4.69) is 0 Å². The van der Waals surface area contributed by atoms with Gasteiger partial charge in [0, 0.05) is 30.9 Å². The normalized spacial score (nSPS) is 12.9. The van der Waals surface area contributed by atoms with Crippen LogP contribution in [0.1, 0.15) is 5.56 Å². The number of hydrogen-bond donors (Lipinski definition) is 1. The molecule has 0 saturated heterocycles. The van der Waals surface area contributed by atoms with Crippen molar-refractivity contribution in [1.82, 2.24) is 4.67 Å². The van der Waals surface area contributed by atoms with E-state index in [9.17, 15) is 19.8 Å². The molecule has 10 nitrogen and oxygen atoms in total. The quantitative estimate of drug-likeness (QED) is 0.146. The maximum Gasteiger partial charge on any atom is 1.00 e. The van der Waals surface area contributed by atoms with E-state index in [1.165, 1.54) is 12.1 Å². The number of carboxylic acids is 1. The van der Waals surface area contributed by atoms with Crippen molar-refractivity contribution in [3.05, 3.63) is 39.4 Å². The Labute approximate surface area is 188 Å². The van der Waals surface area contributed by atoms with Gasteiger partial charge in [0.15, 0.2) is 6.61 Å². The second-order valence-electron chi connectivity index (χ2n) is 4.86. The number of carboxylic acid groups (broad SMARTS) is 1. The van der Waals surface area contributed by atoms with Crippen LogP contribution < -0.4 is 39.2 Å². The van der Waals surface area contributed by atoms with Gasteiger partial charge in [-0.05, 0) is 12.1 Å². The molecule has 0 amide bonds. The van der Waals surface area contributed by atoms with E-state index >= 15 is 0 Å². The predicted octanol–water partition coefficient (Wildman–Crippen LogP) is -0.551. The Morgan fingerprint density at radius 3 is 2.41 bits per heavy atom. The first-order valence-corrected chi connectivity index (χ1v) is 9.85. The van der Waals surface area contributed by atoms with Gasteiger partial charge in [-0.15, -0.1) is 23.2 Å². The van der Waals surface area contributed by atoms with Crippen molar-refractivity contribution in [3.63, 3.8) is 0 Å². The monoisotopic (exact) mass is 451 g/mol. The van der Waals surface area contributed by atoms with Gasteiger partial charge in [-0.3, -0.25) is 10.1 Å². The molecule has 0 saturated carbocycles. The summed E-state index contributed by atoms with van der Waals surface area (Å²) >= 11 is 11.2. The molecule has 0 bridgehead atoms. The summed E-state index contributed by atoms with van der Waals surface area (Å²) in [5.74, 6) is -0.951. The van der Waals surface area contributed by atoms with Crippen molar-refractivity contribution in [1.29, 1.82) is 0 Å². The minimum absolute atomic E-state index is 0. The summed E-state index contributed by atoms with van der Waals surface area (Å²) in [4.78, 5) is 33.4. The number of nitro groups is 1. The summed E-state index contributed by atoms with van der Waals surface area (Å²) in [6.45, 7) is -0.950. The van der Waals surface area contributed by atoms with E-state index < -0.39 is 32.1 Å². The second-order valence-corrected chi connectivity index (χ2v) is 7.48. The number of nitrogens with one attached hydrogen (secondary N) is 1. The molecular weight excluding hydrogens is 435 g/mol. The number of rotatable bonds is 12. The van der Waals surface area contributed by atoms with Crippen LogP contribution in [0.5, 0.6) is 5.75 Å². The number of alkyl halides is 2.